The molecule has 1 aromatic carbocycles. The largest absolute Gasteiger partial charge is 0.493 e. The maximum Gasteiger partial charge on any atom is 0.224 e. The summed E-state index contributed by atoms with van der Waals surface area (Å²) in [7, 11) is 3.17. The number of amides is 1. The van der Waals surface area contributed by atoms with E-state index < -0.39 is 0 Å². The van der Waals surface area contributed by atoms with Gasteiger partial charge in [0.15, 0.2) is 11.5 Å². The first-order valence-corrected chi connectivity index (χ1v) is 6.90. The van der Waals surface area contributed by atoms with Crippen LogP contribution in [0.2, 0.25) is 0 Å². The summed E-state index contributed by atoms with van der Waals surface area (Å²) in [5.41, 5.74) is 6.85. The number of hydrogen-bond acceptors (Lipinski definition) is 4. The molecule has 0 bridgehead atoms. The minimum Gasteiger partial charge on any atom is -0.493 e. The van der Waals surface area contributed by atoms with Gasteiger partial charge in [0.1, 0.15) is 0 Å². The number of carbonyl (C=O) groups is 1. The van der Waals surface area contributed by atoms with Crippen LogP contribution in [0.1, 0.15) is 24.8 Å². The minimum absolute atomic E-state index is 0.000398. The quantitative estimate of drug-likeness (QED) is 0.850. The predicted octanol–water partition coefficient (Wildman–Crippen LogP) is 1.24. The molecule has 0 aromatic heterocycles. The first kappa shape index (κ1) is 14.7. The molecule has 0 spiro atoms. The second-order valence-corrected chi connectivity index (χ2v) is 5.13. The van der Waals surface area contributed by atoms with Crippen LogP contribution < -0.4 is 20.5 Å². The number of ether oxygens (including phenoxy) is 2. The first-order valence-electron chi connectivity index (χ1n) is 6.90. The Morgan fingerprint density at radius 1 is 1.30 bits per heavy atom. The van der Waals surface area contributed by atoms with E-state index in [1.807, 2.05) is 18.2 Å². The number of nitrogens with two attached hydrogens (primary N) is 1. The van der Waals surface area contributed by atoms with Gasteiger partial charge in [0.2, 0.25) is 5.91 Å². The van der Waals surface area contributed by atoms with Crippen LogP contribution in [0.3, 0.4) is 0 Å². The fraction of sp³-hybridized carbons (Fsp3) is 0.533. The first-order chi connectivity index (χ1) is 9.63. The van der Waals surface area contributed by atoms with Crippen molar-refractivity contribution in [2.24, 2.45) is 5.73 Å². The van der Waals surface area contributed by atoms with Crippen molar-refractivity contribution in [1.82, 2.24) is 5.32 Å². The van der Waals surface area contributed by atoms with Gasteiger partial charge in [-0.2, -0.15) is 0 Å². The van der Waals surface area contributed by atoms with Crippen LogP contribution in [0.4, 0.5) is 0 Å². The van der Waals surface area contributed by atoms with Gasteiger partial charge in [0.25, 0.3) is 0 Å². The molecule has 5 nitrogen and oxygen atoms in total. The molecule has 0 aliphatic heterocycles. The molecule has 2 unspecified atom stereocenters. The normalized spacial score (nSPS) is 21.6. The van der Waals surface area contributed by atoms with Gasteiger partial charge in [-0.3, -0.25) is 4.79 Å². The third-order valence-electron chi connectivity index (χ3n) is 3.73. The van der Waals surface area contributed by atoms with Crippen molar-refractivity contribution in [3.8, 4) is 11.5 Å². The van der Waals surface area contributed by atoms with Gasteiger partial charge in [-0.1, -0.05) is 6.07 Å². The van der Waals surface area contributed by atoms with Gasteiger partial charge in [0, 0.05) is 12.1 Å². The van der Waals surface area contributed by atoms with Crippen molar-refractivity contribution in [3.05, 3.63) is 23.8 Å². The standard InChI is InChI=1S/C15H22N2O3/c1-19-13-7-6-10(8-14(13)20-2)9-15(18)17-12-5-3-4-11(12)16/h6-8,11-12H,3-5,9,16H2,1-2H3,(H,17,18). The highest BCUT2D eigenvalue weighted by atomic mass is 16.5. The lowest BCUT2D eigenvalue weighted by Gasteiger charge is -2.17. The zero-order valence-electron chi connectivity index (χ0n) is 12.0. The van der Waals surface area contributed by atoms with Crippen LogP contribution in [0.15, 0.2) is 18.2 Å². The molecule has 1 saturated carbocycles. The van der Waals surface area contributed by atoms with Gasteiger partial charge in [0.05, 0.1) is 20.6 Å². The van der Waals surface area contributed by atoms with Gasteiger partial charge < -0.3 is 20.5 Å². The Hall–Kier alpha value is -1.75. The van der Waals surface area contributed by atoms with Gasteiger partial charge in [-0.25, -0.2) is 0 Å². The zero-order chi connectivity index (χ0) is 14.5. The highest BCUT2D eigenvalue weighted by Gasteiger charge is 2.25. The fourth-order valence-corrected chi connectivity index (χ4v) is 2.60. The number of nitrogens with one attached hydrogen (secondary N) is 1. The average Bonchev–Trinajstić information content (AvgIpc) is 2.84. The lowest BCUT2D eigenvalue weighted by molar-refractivity contribution is -0.121. The lowest BCUT2D eigenvalue weighted by Crippen LogP contribution is -2.44. The van der Waals surface area contributed by atoms with E-state index in [1.54, 1.807) is 14.2 Å². The Balaban J connectivity index is 1.97. The average molecular weight is 278 g/mol. The van der Waals surface area contributed by atoms with Crippen LogP contribution in [0.5, 0.6) is 11.5 Å². The molecule has 20 heavy (non-hydrogen) atoms. The lowest BCUT2D eigenvalue weighted by atomic mass is 10.1. The van der Waals surface area contributed by atoms with Gasteiger partial charge >= 0.3 is 0 Å². The number of rotatable bonds is 5. The van der Waals surface area contributed by atoms with Crippen molar-refractivity contribution in [2.75, 3.05) is 14.2 Å². The number of carbonyl (C=O) groups excluding carboxylic acids is 1. The van der Waals surface area contributed by atoms with E-state index in [4.69, 9.17) is 15.2 Å². The Morgan fingerprint density at radius 2 is 2.05 bits per heavy atom. The summed E-state index contributed by atoms with van der Waals surface area (Å²) in [5.74, 6) is 1.30. The van der Waals surface area contributed by atoms with Crippen molar-refractivity contribution in [2.45, 2.75) is 37.8 Å². The summed E-state index contributed by atoms with van der Waals surface area (Å²) < 4.78 is 10.4. The molecule has 2 atom stereocenters. The van der Waals surface area contributed by atoms with Crippen LogP contribution in [-0.2, 0) is 11.2 Å². The number of methoxy groups -OCH3 is 2. The molecule has 0 heterocycles. The van der Waals surface area contributed by atoms with E-state index in [0.717, 1.165) is 24.8 Å². The van der Waals surface area contributed by atoms with Gasteiger partial charge in [-0.05, 0) is 37.0 Å². The Kier molecular flexibility index (Phi) is 4.84. The molecular weight excluding hydrogens is 256 g/mol. The maximum atomic E-state index is 12.0. The van der Waals surface area contributed by atoms with Crippen LogP contribution in [-0.4, -0.2) is 32.2 Å². The van der Waals surface area contributed by atoms with E-state index in [1.165, 1.54) is 0 Å². The van der Waals surface area contributed by atoms with Gasteiger partial charge in [-0.15, -0.1) is 0 Å². The van der Waals surface area contributed by atoms with Crippen LogP contribution in [0, 0.1) is 0 Å². The molecule has 1 aliphatic rings. The second kappa shape index (κ2) is 6.61. The summed E-state index contributed by atoms with van der Waals surface area (Å²) in [6, 6.07) is 5.71. The third kappa shape index (κ3) is 3.42. The third-order valence-corrected chi connectivity index (χ3v) is 3.73. The molecule has 1 amide bonds. The molecule has 1 aliphatic carbocycles. The molecule has 110 valence electrons. The molecule has 5 heteroatoms. The van der Waals surface area contributed by atoms with E-state index in [-0.39, 0.29) is 18.0 Å². The van der Waals surface area contributed by atoms with E-state index >= 15 is 0 Å². The van der Waals surface area contributed by atoms with Crippen LogP contribution >= 0.6 is 0 Å². The molecule has 1 aromatic rings. The van der Waals surface area contributed by atoms with Crippen LogP contribution in [0.25, 0.3) is 0 Å². The highest BCUT2D eigenvalue weighted by Crippen LogP contribution is 2.27. The van der Waals surface area contributed by atoms with Crippen molar-refractivity contribution in [1.29, 1.82) is 0 Å². The predicted molar refractivity (Wildman–Crippen MR) is 77.0 cm³/mol. The van der Waals surface area contributed by atoms with Crippen molar-refractivity contribution < 1.29 is 14.3 Å². The molecule has 2 rings (SSSR count). The molecular formula is C15H22N2O3. The minimum atomic E-state index is -0.000398. The van der Waals surface area contributed by atoms with Crippen molar-refractivity contribution in [3.63, 3.8) is 0 Å². The summed E-state index contributed by atoms with van der Waals surface area (Å²) in [5, 5.41) is 3.01. The monoisotopic (exact) mass is 278 g/mol. The smallest absolute Gasteiger partial charge is 0.224 e. The highest BCUT2D eigenvalue weighted by molar-refractivity contribution is 5.79. The summed E-state index contributed by atoms with van der Waals surface area (Å²) >= 11 is 0. The van der Waals surface area contributed by atoms with E-state index in [9.17, 15) is 4.79 Å². The van der Waals surface area contributed by atoms with E-state index in [0.29, 0.717) is 17.9 Å². The Bertz CT molecular complexity index is 476. The number of hydrogen-bond donors (Lipinski definition) is 2. The Labute approximate surface area is 119 Å². The summed E-state index contributed by atoms with van der Waals surface area (Å²) in [4.78, 5) is 12.0. The molecule has 0 radical (unpaired) electrons. The fourth-order valence-electron chi connectivity index (χ4n) is 2.60. The maximum absolute atomic E-state index is 12.0. The van der Waals surface area contributed by atoms with E-state index in [2.05, 4.69) is 5.32 Å². The summed E-state index contributed by atoms with van der Waals surface area (Å²) in [6.07, 6.45) is 3.37. The SMILES string of the molecule is COc1ccc(CC(=O)NC2CCCC2N)cc1OC. The molecule has 0 saturated heterocycles. The Morgan fingerprint density at radius 3 is 2.65 bits per heavy atom. The zero-order valence-corrected chi connectivity index (χ0v) is 12.0. The molecule has 1 fully saturated rings. The topological polar surface area (TPSA) is 73.6 Å². The number of benzene rings is 1. The van der Waals surface area contributed by atoms with Crippen molar-refractivity contribution >= 4 is 5.91 Å². The summed E-state index contributed by atoms with van der Waals surface area (Å²) in [6.45, 7) is 0. The second-order valence-electron chi connectivity index (χ2n) is 5.13. The molecule has 3 N–H and O–H groups in total.